The van der Waals surface area contributed by atoms with Crippen LogP contribution in [0.2, 0.25) is 0 Å². The fourth-order valence-corrected chi connectivity index (χ4v) is 5.11. The molecule has 0 spiro atoms. The molecular formula is C26H33N5O4S. The van der Waals surface area contributed by atoms with Gasteiger partial charge in [0.1, 0.15) is 15.3 Å². The van der Waals surface area contributed by atoms with Crippen LogP contribution in [0.4, 0.5) is 11.4 Å². The van der Waals surface area contributed by atoms with E-state index in [1.165, 1.54) is 10.8 Å². The summed E-state index contributed by atoms with van der Waals surface area (Å²) < 4.78 is 2.00. The van der Waals surface area contributed by atoms with Gasteiger partial charge in [-0.05, 0) is 38.0 Å². The Morgan fingerprint density at radius 1 is 1.25 bits per heavy atom. The standard InChI is InChI=1S/C26H33N5O4S/c1-5-31-22(34)20(15-28-17-9-8-10-18(13-17)29-24(35)25(2,3)4)36-23(31)19(14-27)21(33)30-26(16-32)11-6-7-12-26/h8-10,13,15,28,32H,5-7,11-12,16H2,1-4H3,(H,29,35)(H,30,33)/b20-15-,23-19-. The third-order valence-corrected chi connectivity index (χ3v) is 7.32. The zero-order chi connectivity index (χ0) is 26.5. The van der Waals surface area contributed by atoms with E-state index in [1.54, 1.807) is 31.2 Å². The molecule has 1 heterocycles. The van der Waals surface area contributed by atoms with Crippen molar-refractivity contribution in [2.45, 2.75) is 65.5 Å². The molecule has 1 aromatic carbocycles. The monoisotopic (exact) mass is 511 g/mol. The Morgan fingerprint density at radius 2 is 1.92 bits per heavy atom. The second-order valence-electron chi connectivity index (χ2n) is 9.98. The molecular weight excluding hydrogens is 478 g/mol. The van der Waals surface area contributed by atoms with Crippen LogP contribution >= 0.6 is 11.3 Å². The molecule has 1 aliphatic carbocycles. The number of aromatic nitrogens is 1. The van der Waals surface area contributed by atoms with Crippen molar-refractivity contribution in [1.29, 1.82) is 5.26 Å². The predicted octanol–water partition coefficient (Wildman–Crippen LogP) is 1.86. The molecule has 4 N–H and O–H groups in total. The van der Waals surface area contributed by atoms with Gasteiger partial charge in [0.05, 0.1) is 12.1 Å². The predicted molar refractivity (Wildman–Crippen MR) is 142 cm³/mol. The third kappa shape index (κ3) is 6.04. The van der Waals surface area contributed by atoms with E-state index in [2.05, 4.69) is 16.0 Å². The summed E-state index contributed by atoms with van der Waals surface area (Å²) >= 11 is 1.05. The number of nitrogens with zero attached hydrogens (tertiary/aromatic N) is 2. The molecule has 192 valence electrons. The molecule has 9 nitrogen and oxygen atoms in total. The molecule has 10 heteroatoms. The Balaban J connectivity index is 1.94. The van der Waals surface area contributed by atoms with E-state index in [-0.39, 0.29) is 34.9 Å². The van der Waals surface area contributed by atoms with Gasteiger partial charge in [-0.15, -0.1) is 11.3 Å². The molecule has 0 aliphatic heterocycles. The molecule has 1 aliphatic rings. The van der Waals surface area contributed by atoms with Crippen LogP contribution in [-0.2, 0) is 16.1 Å². The zero-order valence-electron chi connectivity index (χ0n) is 21.1. The second-order valence-corrected chi connectivity index (χ2v) is 11.0. The van der Waals surface area contributed by atoms with Gasteiger partial charge in [0.15, 0.2) is 5.57 Å². The van der Waals surface area contributed by atoms with Crippen molar-refractivity contribution >= 4 is 46.3 Å². The molecule has 3 rings (SSSR count). The summed E-state index contributed by atoms with van der Waals surface area (Å²) in [4.78, 5) is 38.3. The average molecular weight is 512 g/mol. The number of aliphatic hydroxyl groups is 1. The first kappa shape index (κ1) is 27.2. The van der Waals surface area contributed by atoms with E-state index < -0.39 is 16.9 Å². The Kier molecular flexibility index (Phi) is 8.38. The minimum absolute atomic E-state index is 0.115. The lowest BCUT2D eigenvalue weighted by Crippen LogP contribution is -2.50. The number of anilines is 2. The van der Waals surface area contributed by atoms with Gasteiger partial charge < -0.3 is 21.1 Å². The van der Waals surface area contributed by atoms with Crippen LogP contribution in [0.1, 0.15) is 53.4 Å². The lowest BCUT2D eigenvalue weighted by molar-refractivity contribution is -0.123. The van der Waals surface area contributed by atoms with Crippen molar-refractivity contribution in [1.82, 2.24) is 9.88 Å². The number of carbonyl (C=O) groups excluding carboxylic acids is 2. The number of carbonyl (C=O) groups is 2. The van der Waals surface area contributed by atoms with E-state index in [9.17, 15) is 24.8 Å². The summed E-state index contributed by atoms with van der Waals surface area (Å²) in [5.74, 6) is -0.700. The molecule has 0 radical (unpaired) electrons. The molecule has 2 amide bonds. The minimum atomic E-state index is -0.724. The van der Waals surface area contributed by atoms with Gasteiger partial charge in [0.25, 0.3) is 11.5 Å². The van der Waals surface area contributed by atoms with Gasteiger partial charge in [0.2, 0.25) is 5.91 Å². The SMILES string of the molecule is CCn1c(=O)/c(=C/Nc2cccc(NC(=O)C(C)(C)C)c2)s/c1=C(/C#N)C(=O)NC1(CO)CCCC1. The largest absolute Gasteiger partial charge is 0.394 e. The highest BCUT2D eigenvalue weighted by Crippen LogP contribution is 2.29. The number of aliphatic hydroxyl groups excluding tert-OH is 1. The Labute approximate surface area is 214 Å². The molecule has 0 saturated heterocycles. The molecule has 0 atom stereocenters. The zero-order valence-corrected chi connectivity index (χ0v) is 21.9. The van der Waals surface area contributed by atoms with Gasteiger partial charge in [-0.1, -0.05) is 39.7 Å². The third-order valence-electron chi connectivity index (χ3n) is 6.19. The summed E-state index contributed by atoms with van der Waals surface area (Å²) in [6.07, 6.45) is 4.63. The van der Waals surface area contributed by atoms with Crippen molar-refractivity contribution in [2.75, 3.05) is 17.2 Å². The van der Waals surface area contributed by atoms with Crippen LogP contribution in [0.25, 0.3) is 11.8 Å². The number of rotatable bonds is 7. The van der Waals surface area contributed by atoms with Gasteiger partial charge in [0, 0.05) is 29.5 Å². The highest BCUT2D eigenvalue weighted by molar-refractivity contribution is 7.07. The summed E-state index contributed by atoms with van der Waals surface area (Å²) in [5, 5.41) is 28.4. The molecule has 1 saturated carbocycles. The first-order valence-corrected chi connectivity index (χ1v) is 12.8. The highest BCUT2D eigenvalue weighted by Gasteiger charge is 2.35. The fraction of sp³-hybridized carbons (Fsp3) is 0.462. The molecule has 0 unspecified atom stereocenters. The molecule has 1 fully saturated rings. The number of nitrogens with one attached hydrogen (secondary N) is 3. The van der Waals surface area contributed by atoms with Gasteiger partial charge in [-0.3, -0.25) is 19.0 Å². The first-order valence-electron chi connectivity index (χ1n) is 12.0. The number of thiazole rings is 1. The fourth-order valence-electron chi connectivity index (χ4n) is 4.02. The van der Waals surface area contributed by atoms with Crippen molar-refractivity contribution in [3.8, 4) is 6.07 Å². The summed E-state index contributed by atoms with van der Waals surface area (Å²) in [5.41, 5.74) is -0.451. The van der Waals surface area contributed by atoms with Crippen molar-refractivity contribution in [3.63, 3.8) is 0 Å². The van der Waals surface area contributed by atoms with Gasteiger partial charge in [-0.25, -0.2) is 0 Å². The Hall–Kier alpha value is -3.42. The van der Waals surface area contributed by atoms with Crippen molar-refractivity contribution in [2.24, 2.45) is 5.41 Å². The normalized spacial score (nSPS) is 16.3. The Morgan fingerprint density at radius 3 is 2.50 bits per heavy atom. The first-order chi connectivity index (χ1) is 17.0. The van der Waals surface area contributed by atoms with Crippen LogP contribution in [0.15, 0.2) is 29.1 Å². The van der Waals surface area contributed by atoms with E-state index in [0.717, 1.165) is 24.2 Å². The number of nitriles is 1. The lowest BCUT2D eigenvalue weighted by atomic mass is 9.95. The van der Waals surface area contributed by atoms with E-state index in [0.29, 0.717) is 28.7 Å². The average Bonchev–Trinajstić information content (AvgIpc) is 3.42. The Bertz CT molecular complexity index is 1350. The van der Waals surface area contributed by atoms with Crippen molar-refractivity contribution in [3.05, 3.63) is 43.8 Å². The number of amides is 2. The van der Waals surface area contributed by atoms with Gasteiger partial charge in [-0.2, -0.15) is 5.26 Å². The van der Waals surface area contributed by atoms with E-state index in [4.69, 9.17) is 0 Å². The maximum Gasteiger partial charge on any atom is 0.270 e. The van der Waals surface area contributed by atoms with Gasteiger partial charge >= 0.3 is 0 Å². The number of benzene rings is 1. The van der Waals surface area contributed by atoms with Crippen LogP contribution < -0.4 is 30.7 Å². The summed E-state index contributed by atoms with van der Waals surface area (Å²) in [7, 11) is 0. The summed E-state index contributed by atoms with van der Waals surface area (Å²) in [6, 6.07) is 9.07. The topological polar surface area (TPSA) is 136 Å². The minimum Gasteiger partial charge on any atom is -0.394 e. The maximum atomic E-state index is 13.0. The molecule has 36 heavy (non-hydrogen) atoms. The van der Waals surface area contributed by atoms with Crippen LogP contribution in [0.3, 0.4) is 0 Å². The van der Waals surface area contributed by atoms with E-state index >= 15 is 0 Å². The number of hydrogen-bond donors (Lipinski definition) is 4. The lowest BCUT2D eigenvalue weighted by Gasteiger charge is -2.27. The molecule has 0 bridgehead atoms. The van der Waals surface area contributed by atoms with E-state index in [1.807, 2.05) is 26.8 Å². The summed E-state index contributed by atoms with van der Waals surface area (Å²) in [6.45, 7) is 7.35. The quantitative estimate of drug-likeness (QED) is 0.448. The molecule has 1 aromatic heterocycles. The van der Waals surface area contributed by atoms with Crippen molar-refractivity contribution < 1.29 is 14.7 Å². The smallest absolute Gasteiger partial charge is 0.270 e. The van der Waals surface area contributed by atoms with Crippen LogP contribution in [0.5, 0.6) is 0 Å². The molecule has 2 aromatic rings. The van der Waals surface area contributed by atoms with Crippen LogP contribution in [0, 0.1) is 16.7 Å². The van der Waals surface area contributed by atoms with Crippen LogP contribution in [-0.4, -0.2) is 33.6 Å². The second kappa shape index (κ2) is 11.1. The highest BCUT2D eigenvalue weighted by atomic mass is 32.1. The number of hydrogen-bond acceptors (Lipinski definition) is 7. The maximum absolute atomic E-state index is 13.0.